The third-order valence-electron chi connectivity index (χ3n) is 3.69. The molecule has 2 N–H and O–H groups in total. The van der Waals surface area contributed by atoms with Crippen LogP contribution >= 0.6 is 0 Å². The van der Waals surface area contributed by atoms with E-state index in [4.69, 9.17) is 4.74 Å². The number of aliphatic hydroxyl groups excluding tert-OH is 1. The molecule has 1 heterocycles. The lowest BCUT2D eigenvalue weighted by atomic mass is 9.88. The average Bonchev–Trinajstić information content (AvgIpc) is 2.68. The second-order valence-electron chi connectivity index (χ2n) is 5.09. The maximum atomic E-state index is 11.8. The molecule has 0 radical (unpaired) electrons. The smallest absolute Gasteiger partial charge is 0.323 e. The van der Waals surface area contributed by atoms with Crippen LogP contribution in [0.3, 0.4) is 0 Å². The molecule has 2 fully saturated rings. The Morgan fingerprint density at radius 2 is 2.12 bits per heavy atom. The molecule has 0 aromatic rings. The normalized spacial score (nSPS) is 39.6. The molecule has 0 aromatic heterocycles. The Morgan fingerprint density at radius 3 is 2.75 bits per heavy atom. The molecule has 1 aliphatic heterocycles. The Hall–Kier alpha value is -0.610. The van der Waals surface area contributed by atoms with Crippen LogP contribution in [0, 0.1) is 5.92 Å². The number of hydrogen-bond donors (Lipinski definition) is 2. The van der Waals surface area contributed by atoms with Gasteiger partial charge in [-0.15, -0.1) is 0 Å². The Kier molecular flexibility index (Phi) is 3.82. The van der Waals surface area contributed by atoms with Gasteiger partial charge in [-0.05, 0) is 25.2 Å². The minimum atomic E-state index is -0.402. The number of hydrogen-bond acceptors (Lipinski definition) is 4. The van der Waals surface area contributed by atoms with Crippen LogP contribution in [0.25, 0.3) is 0 Å². The summed E-state index contributed by atoms with van der Waals surface area (Å²) in [7, 11) is 0. The number of β-amino-alcohol motifs (C(OH)–C–C–N with tert-alkyl or cyclic N) is 1. The first-order valence-corrected chi connectivity index (χ1v) is 6.28. The van der Waals surface area contributed by atoms with E-state index in [0.29, 0.717) is 18.9 Å². The average molecular weight is 227 g/mol. The van der Waals surface area contributed by atoms with Gasteiger partial charge in [-0.2, -0.15) is 0 Å². The molecule has 1 saturated heterocycles. The van der Waals surface area contributed by atoms with Crippen LogP contribution in [0.5, 0.6) is 0 Å². The zero-order valence-electron chi connectivity index (χ0n) is 9.82. The Bertz CT molecular complexity index is 257. The molecule has 4 nitrogen and oxygen atoms in total. The summed E-state index contributed by atoms with van der Waals surface area (Å²) in [5, 5.41) is 12.3. The summed E-state index contributed by atoms with van der Waals surface area (Å²) < 4.78 is 5.52. The van der Waals surface area contributed by atoms with E-state index >= 15 is 0 Å². The van der Waals surface area contributed by atoms with Crippen molar-refractivity contribution < 1.29 is 14.6 Å². The minimum absolute atomic E-state index is 0.0841. The second-order valence-corrected chi connectivity index (χ2v) is 5.09. The third kappa shape index (κ3) is 2.74. The summed E-state index contributed by atoms with van der Waals surface area (Å²) in [6.07, 6.45) is 4.71. The summed E-state index contributed by atoms with van der Waals surface area (Å²) in [6.45, 7) is 2.65. The van der Waals surface area contributed by atoms with Crippen LogP contribution in [0.4, 0.5) is 0 Å². The quantitative estimate of drug-likeness (QED) is 0.686. The van der Waals surface area contributed by atoms with Crippen molar-refractivity contribution in [2.24, 2.45) is 5.92 Å². The lowest BCUT2D eigenvalue weighted by molar-refractivity contribution is -0.155. The van der Waals surface area contributed by atoms with Gasteiger partial charge in [0, 0.05) is 13.0 Å². The van der Waals surface area contributed by atoms with Gasteiger partial charge < -0.3 is 15.2 Å². The van der Waals surface area contributed by atoms with Crippen LogP contribution < -0.4 is 5.32 Å². The number of rotatable bonds is 2. The van der Waals surface area contributed by atoms with Gasteiger partial charge in [0.2, 0.25) is 0 Å². The summed E-state index contributed by atoms with van der Waals surface area (Å²) in [5.41, 5.74) is 0. The number of nitrogens with one attached hydrogen (secondary N) is 1. The van der Waals surface area contributed by atoms with Crippen molar-refractivity contribution in [3.63, 3.8) is 0 Å². The van der Waals surface area contributed by atoms with Gasteiger partial charge >= 0.3 is 5.97 Å². The molecule has 2 rings (SSSR count). The van der Waals surface area contributed by atoms with Crippen molar-refractivity contribution in [3.05, 3.63) is 0 Å². The van der Waals surface area contributed by atoms with Gasteiger partial charge in [0.05, 0.1) is 6.10 Å². The van der Waals surface area contributed by atoms with Gasteiger partial charge in [-0.3, -0.25) is 4.79 Å². The van der Waals surface area contributed by atoms with Crippen molar-refractivity contribution in [1.29, 1.82) is 0 Å². The number of carbonyl (C=O) groups excluding carboxylic acids is 1. The van der Waals surface area contributed by atoms with Gasteiger partial charge in [-0.1, -0.05) is 13.3 Å². The summed E-state index contributed by atoms with van der Waals surface area (Å²) >= 11 is 0. The molecular weight excluding hydrogens is 206 g/mol. The summed E-state index contributed by atoms with van der Waals surface area (Å²) in [6, 6.07) is -0.302. The van der Waals surface area contributed by atoms with E-state index in [0.717, 1.165) is 19.3 Å². The molecule has 0 amide bonds. The highest BCUT2D eigenvalue weighted by Gasteiger charge is 2.32. The van der Waals surface area contributed by atoms with Crippen LogP contribution in [0.2, 0.25) is 0 Å². The van der Waals surface area contributed by atoms with Crippen molar-refractivity contribution in [2.75, 3.05) is 6.54 Å². The van der Waals surface area contributed by atoms with Gasteiger partial charge in [0.1, 0.15) is 12.1 Å². The zero-order valence-corrected chi connectivity index (χ0v) is 9.82. The zero-order chi connectivity index (χ0) is 11.5. The molecule has 1 saturated carbocycles. The Labute approximate surface area is 96.4 Å². The van der Waals surface area contributed by atoms with E-state index in [9.17, 15) is 9.90 Å². The first-order chi connectivity index (χ1) is 7.66. The van der Waals surface area contributed by atoms with E-state index in [1.807, 2.05) is 0 Å². The van der Waals surface area contributed by atoms with Gasteiger partial charge in [-0.25, -0.2) is 0 Å². The molecule has 4 heteroatoms. The first kappa shape index (κ1) is 11.9. The number of esters is 1. The second kappa shape index (κ2) is 5.15. The molecule has 0 spiro atoms. The van der Waals surface area contributed by atoms with Gasteiger partial charge in [0.15, 0.2) is 0 Å². The fourth-order valence-corrected chi connectivity index (χ4v) is 2.59. The molecule has 16 heavy (non-hydrogen) atoms. The molecule has 4 atom stereocenters. The van der Waals surface area contributed by atoms with Crippen LogP contribution in [0.1, 0.15) is 39.0 Å². The summed E-state index contributed by atoms with van der Waals surface area (Å²) in [5.74, 6) is 0.291. The van der Waals surface area contributed by atoms with Crippen LogP contribution in [0.15, 0.2) is 0 Å². The van der Waals surface area contributed by atoms with Crippen molar-refractivity contribution in [3.8, 4) is 0 Å². The molecule has 4 unspecified atom stereocenters. The SMILES string of the molecule is CC1CCCCC1OC(=O)C1CC(O)CN1. The van der Waals surface area contributed by atoms with E-state index in [1.165, 1.54) is 6.42 Å². The molecule has 0 aromatic carbocycles. The van der Waals surface area contributed by atoms with E-state index in [-0.39, 0.29) is 18.1 Å². The van der Waals surface area contributed by atoms with Crippen molar-refractivity contribution >= 4 is 5.97 Å². The van der Waals surface area contributed by atoms with E-state index < -0.39 is 6.10 Å². The fourth-order valence-electron chi connectivity index (χ4n) is 2.59. The molecule has 1 aliphatic carbocycles. The predicted octanol–water partition coefficient (Wildman–Crippen LogP) is 0.831. The lowest BCUT2D eigenvalue weighted by Crippen LogP contribution is -2.37. The highest BCUT2D eigenvalue weighted by Crippen LogP contribution is 2.27. The standard InChI is InChI=1S/C12H21NO3/c1-8-4-2-3-5-11(8)16-12(15)10-6-9(14)7-13-10/h8-11,13-14H,2-7H2,1H3. The fraction of sp³-hybridized carbons (Fsp3) is 0.917. The maximum absolute atomic E-state index is 11.8. The summed E-state index contributed by atoms with van der Waals surface area (Å²) in [4.78, 5) is 11.8. The van der Waals surface area contributed by atoms with Gasteiger partial charge in [0.25, 0.3) is 0 Å². The number of aliphatic hydroxyl groups is 1. The highest BCUT2D eigenvalue weighted by molar-refractivity contribution is 5.76. The van der Waals surface area contributed by atoms with E-state index in [1.54, 1.807) is 0 Å². The monoisotopic (exact) mass is 227 g/mol. The van der Waals surface area contributed by atoms with Crippen LogP contribution in [-0.2, 0) is 9.53 Å². The van der Waals surface area contributed by atoms with E-state index in [2.05, 4.69) is 12.2 Å². The molecule has 2 aliphatic rings. The van der Waals surface area contributed by atoms with Crippen LogP contribution in [-0.4, -0.2) is 35.9 Å². The maximum Gasteiger partial charge on any atom is 0.323 e. The highest BCUT2D eigenvalue weighted by atomic mass is 16.5. The number of carbonyl (C=O) groups is 1. The largest absolute Gasteiger partial charge is 0.461 e. The third-order valence-corrected chi connectivity index (χ3v) is 3.69. The lowest BCUT2D eigenvalue weighted by Gasteiger charge is -2.29. The minimum Gasteiger partial charge on any atom is -0.461 e. The Balaban J connectivity index is 1.82. The predicted molar refractivity (Wildman–Crippen MR) is 59.9 cm³/mol. The topological polar surface area (TPSA) is 58.6 Å². The molecule has 92 valence electrons. The van der Waals surface area contributed by atoms with Crippen molar-refractivity contribution in [1.82, 2.24) is 5.32 Å². The molecule has 0 bridgehead atoms. The Morgan fingerprint density at radius 1 is 1.38 bits per heavy atom. The first-order valence-electron chi connectivity index (χ1n) is 6.28. The van der Waals surface area contributed by atoms with Crippen molar-refractivity contribution in [2.45, 2.75) is 57.3 Å². The molecular formula is C12H21NO3. The number of ether oxygens (including phenoxy) is 1.